The Morgan fingerprint density at radius 3 is 3.13 bits per heavy atom. The Morgan fingerprint density at radius 2 is 2.33 bits per heavy atom. The summed E-state index contributed by atoms with van der Waals surface area (Å²) in [7, 11) is 0. The molecular formula is C11H15N3S. The molecule has 0 amide bonds. The first kappa shape index (κ1) is 10.4. The van der Waals surface area contributed by atoms with Gasteiger partial charge in [0.05, 0.1) is 17.2 Å². The molecule has 0 unspecified atom stereocenters. The van der Waals surface area contributed by atoms with E-state index in [0.717, 1.165) is 22.3 Å². The van der Waals surface area contributed by atoms with Crippen molar-refractivity contribution in [1.29, 1.82) is 0 Å². The van der Waals surface area contributed by atoms with Crippen molar-refractivity contribution >= 4 is 23.3 Å². The van der Waals surface area contributed by atoms with Crippen molar-refractivity contribution in [2.75, 3.05) is 0 Å². The SMILES string of the molecule is CCCCCn1c(=S)[nH]c2cnccc21. The Labute approximate surface area is 94.2 Å². The molecule has 2 aromatic heterocycles. The largest absolute Gasteiger partial charge is 0.329 e. The zero-order chi connectivity index (χ0) is 10.7. The van der Waals surface area contributed by atoms with Gasteiger partial charge in [-0.3, -0.25) is 4.98 Å². The first-order valence-corrected chi connectivity index (χ1v) is 5.76. The highest BCUT2D eigenvalue weighted by molar-refractivity contribution is 7.71. The van der Waals surface area contributed by atoms with E-state index in [4.69, 9.17) is 12.2 Å². The first-order chi connectivity index (χ1) is 7.33. The lowest BCUT2D eigenvalue weighted by Crippen LogP contribution is -1.97. The Bertz CT molecular complexity index is 498. The number of hydrogen-bond acceptors (Lipinski definition) is 2. The molecule has 0 spiro atoms. The minimum Gasteiger partial charge on any atom is -0.329 e. The summed E-state index contributed by atoms with van der Waals surface area (Å²) in [6.07, 6.45) is 7.29. The van der Waals surface area contributed by atoms with E-state index in [-0.39, 0.29) is 0 Å². The van der Waals surface area contributed by atoms with Gasteiger partial charge in [0.15, 0.2) is 4.77 Å². The number of imidazole rings is 1. The van der Waals surface area contributed by atoms with Crippen LogP contribution in [0.1, 0.15) is 26.2 Å². The molecular weight excluding hydrogens is 206 g/mol. The number of nitrogens with zero attached hydrogens (tertiary/aromatic N) is 2. The average molecular weight is 221 g/mol. The van der Waals surface area contributed by atoms with Gasteiger partial charge in [0.25, 0.3) is 0 Å². The molecule has 0 radical (unpaired) electrons. The predicted molar refractivity (Wildman–Crippen MR) is 64.4 cm³/mol. The van der Waals surface area contributed by atoms with E-state index in [1.807, 2.05) is 12.3 Å². The minimum atomic E-state index is 0.800. The van der Waals surface area contributed by atoms with E-state index in [1.54, 1.807) is 6.20 Å². The van der Waals surface area contributed by atoms with Gasteiger partial charge in [0, 0.05) is 12.7 Å². The molecule has 1 N–H and O–H groups in total. The van der Waals surface area contributed by atoms with Crippen LogP contribution in [0.4, 0.5) is 0 Å². The second-order valence-electron chi connectivity index (χ2n) is 3.68. The molecule has 0 fully saturated rings. The zero-order valence-electron chi connectivity index (χ0n) is 8.86. The molecule has 0 aliphatic heterocycles. The summed E-state index contributed by atoms with van der Waals surface area (Å²) in [5.41, 5.74) is 2.19. The van der Waals surface area contributed by atoms with Crippen molar-refractivity contribution < 1.29 is 0 Å². The van der Waals surface area contributed by atoms with Gasteiger partial charge in [-0.05, 0) is 24.7 Å². The number of unbranched alkanes of at least 4 members (excludes halogenated alkanes) is 2. The monoisotopic (exact) mass is 221 g/mol. The number of H-pyrrole nitrogens is 1. The Kier molecular flexibility index (Phi) is 3.16. The van der Waals surface area contributed by atoms with Crippen LogP contribution >= 0.6 is 12.2 Å². The number of rotatable bonds is 4. The third-order valence-corrected chi connectivity index (χ3v) is 2.88. The maximum Gasteiger partial charge on any atom is 0.178 e. The second kappa shape index (κ2) is 4.57. The maximum absolute atomic E-state index is 5.28. The molecule has 3 nitrogen and oxygen atoms in total. The molecule has 15 heavy (non-hydrogen) atoms. The highest BCUT2D eigenvalue weighted by Gasteiger charge is 2.02. The van der Waals surface area contributed by atoms with Crippen LogP contribution in [0.15, 0.2) is 18.5 Å². The standard InChI is InChI=1S/C11H15N3S/c1-2-3-4-7-14-10-5-6-12-8-9(10)13-11(14)15/h5-6,8H,2-4,7H2,1H3,(H,13,15). The molecule has 2 rings (SSSR count). The summed E-state index contributed by atoms with van der Waals surface area (Å²) < 4.78 is 2.95. The van der Waals surface area contributed by atoms with Crippen LogP contribution < -0.4 is 0 Å². The van der Waals surface area contributed by atoms with Crippen molar-refractivity contribution in [1.82, 2.24) is 14.5 Å². The second-order valence-corrected chi connectivity index (χ2v) is 4.07. The van der Waals surface area contributed by atoms with E-state index in [1.165, 1.54) is 19.3 Å². The van der Waals surface area contributed by atoms with Gasteiger partial charge in [-0.2, -0.15) is 0 Å². The lowest BCUT2D eigenvalue weighted by molar-refractivity contribution is 0.608. The van der Waals surface area contributed by atoms with Crippen LogP contribution in [0.5, 0.6) is 0 Å². The van der Waals surface area contributed by atoms with Gasteiger partial charge in [0.1, 0.15) is 0 Å². The van der Waals surface area contributed by atoms with Gasteiger partial charge in [0.2, 0.25) is 0 Å². The molecule has 0 saturated heterocycles. The fourth-order valence-corrected chi connectivity index (χ4v) is 2.05. The molecule has 0 bridgehead atoms. The molecule has 2 aromatic rings. The van der Waals surface area contributed by atoms with Gasteiger partial charge in [-0.1, -0.05) is 19.8 Å². The maximum atomic E-state index is 5.28. The fraction of sp³-hybridized carbons (Fsp3) is 0.455. The van der Waals surface area contributed by atoms with Gasteiger partial charge in [-0.15, -0.1) is 0 Å². The van der Waals surface area contributed by atoms with Crippen molar-refractivity contribution in [3.05, 3.63) is 23.2 Å². The number of aromatic nitrogens is 3. The molecule has 80 valence electrons. The summed E-state index contributed by atoms with van der Waals surface area (Å²) in [5.74, 6) is 0. The lowest BCUT2D eigenvalue weighted by atomic mass is 10.2. The van der Waals surface area contributed by atoms with Crippen LogP contribution in [0.3, 0.4) is 0 Å². The quantitative estimate of drug-likeness (QED) is 0.635. The van der Waals surface area contributed by atoms with Crippen LogP contribution in [0.2, 0.25) is 0 Å². The molecule has 0 saturated carbocycles. The number of aromatic amines is 1. The molecule has 0 aliphatic rings. The number of aryl methyl sites for hydroxylation is 1. The van der Waals surface area contributed by atoms with E-state index in [9.17, 15) is 0 Å². The number of pyridine rings is 1. The first-order valence-electron chi connectivity index (χ1n) is 5.35. The van der Waals surface area contributed by atoms with E-state index < -0.39 is 0 Å². The van der Waals surface area contributed by atoms with E-state index in [0.29, 0.717) is 0 Å². The lowest BCUT2D eigenvalue weighted by Gasteiger charge is -2.02. The van der Waals surface area contributed by atoms with E-state index >= 15 is 0 Å². The van der Waals surface area contributed by atoms with Crippen molar-refractivity contribution in [2.24, 2.45) is 0 Å². The summed E-state index contributed by atoms with van der Waals surface area (Å²) in [6.45, 7) is 3.20. The number of fused-ring (bicyclic) bond motifs is 1. The van der Waals surface area contributed by atoms with Crippen molar-refractivity contribution in [3.8, 4) is 0 Å². The smallest absolute Gasteiger partial charge is 0.178 e. The topological polar surface area (TPSA) is 33.6 Å². The highest BCUT2D eigenvalue weighted by atomic mass is 32.1. The van der Waals surface area contributed by atoms with Gasteiger partial charge < -0.3 is 9.55 Å². The number of hydrogen-bond donors (Lipinski definition) is 1. The Balaban J connectivity index is 2.33. The molecule has 0 aromatic carbocycles. The van der Waals surface area contributed by atoms with Crippen LogP contribution in [-0.4, -0.2) is 14.5 Å². The Hall–Kier alpha value is -1.16. The normalized spacial score (nSPS) is 11.0. The average Bonchev–Trinajstić information content (AvgIpc) is 2.56. The predicted octanol–water partition coefficient (Wildman–Crippen LogP) is 3.28. The highest BCUT2D eigenvalue weighted by Crippen LogP contribution is 2.13. The van der Waals surface area contributed by atoms with E-state index in [2.05, 4.69) is 21.5 Å². The molecule has 2 heterocycles. The number of nitrogens with one attached hydrogen (secondary N) is 1. The van der Waals surface area contributed by atoms with Crippen LogP contribution in [0, 0.1) is 4.77 Å². The van der Waals surface area contributed by atoms with Crippen LogP contribution in [0.25, 0.3) is 11.0 Å². The third-order valence-electron chi connectivity index (χ3n) is 2.56. The molecule has 4 heteroatoms. The summed E-state index contributed by atoms with van der Waals surface area (Å²) in [6, 6.07) is 2.01. The molecule has 0 aliphatic carbocycles. The summed E-state index contributed by atoms with van der Waals surface area (Å²) in [5, 5.41) is 0. The van der Waals surface area contributed by atoms with Crippen molar-refractivity contribution in [2.45, 2.75) is 32.7 Å². The fourth-order valence-electron chi connectivity index (χ4n) is 1.75. The third kappa shape index (κ3) is 2.09. The zero-order valence-corrected chi connectivity index (χ0v) is 9.68. The van der Waals surface area contributed by atoms with Gasteiger partial charge in [-0.25, -0.2) is 0 Å². The molecule has 0 atom stereocenters. The minimum absolute atomic E-state index is 0.800. The van der Waals surface area contributed by atoms with Crippen LogP contribution in [-0.2, 0) is 6.54 Å². The summed E-state index contributed by atoms with van der Waals surface area (Å²) in [4.78, 5) is 7.24. The van der Waals surface area contributed by atoms with Crippen molar-refractivity contribution in [3.63, 3.8) is 0 Å². The Morgan fingerprint density at radius 1 is 1.47 bits per heavy atom. The van der Waals surface area contributed by atoms with Gasteiger partial charge >= 0.3 is 0 Å². The summed E-state index contributed by atoms with van der Waals surface area (Å²) >= 11 is 5.28.